The summed E-state index contributed by atoms with van der Waals surface area (Å²) < 4.78 is 6.02. The number of benzene rings is 8. The van der Waals surface area contributed by atoms with Gasteiger partial charge >= 0.3 is 0 Å². The van der Waals surface area contributed by atoms with Gasteiger partial charge in [0.05, 0.1) is 43.6 Å². The van der Waals surface area contributed by atoms with Crippen LogP contribution < -0.4 is 22.2 Å². The first-order chi connectivity index (χ1) is 26.5. The van der Waals surface area contributed by atoms with Gasteiger partial charge in [-0.05, 0) is 92.0 Å². The molecule has 4 aromatic heterocycles. The van der Waals surface area contributed by atoms with Crippen LogP contribution in [-0.4, -0.2) is 18.1 Å². The lowest BCUT2D eigenvalue weighted by molar-refractivity contribution is 0.842. The van der Waals surface area contributed by atoms with Gasteiger partial charge < -0.3 is 0 Å². The van der Waals surface area contributed by atoms with Crippen LogP contribution in [0.15, 0.2) is 165 Å². The predicted octanol–water partition coefficient (Wildman–Crippen LogP) is 8.11. The van der Waals surface area contributed by atoms with Crippen molar-refractivity contribution < 1.29 is 0 Å². The van der Waals surface area contributed by atoms with Crippen molar-refractivity contribution in [3.05, 3.63) is 187 Å². The molecule has 0 N–H and O–H groups in total. The van der Waals surface area contributed by atoms with Crippen LogP contribution in [0, 0.1) is 0 Å². The van der Waals surface area contributed by atoms with Crippen LogP contribution >= 0.6 is 0 Å². The molecule has 8 heteroatoms. The lowest BCUT2D eigenvalue weighted by Gasteiger charge is -2.14. The van der Waals surface area contributed by atoms with E-state index in [0.717, 1.165) is 54.6 Å². The molecule has 12 rings (SSSR count). The fourth-order valence-electron chi connectivity index (χ4n) is 8.99. The summed E-state index contributed by atoms with van der Waals surface area (Å²) in [5.41, 5.74) is 5.05. The molecule has 0 aliphatic carbocycles. The Morgan fingerprint density at radius 2 is 0.630 bits per heavy atom. The van der Waals surface area contributed by atoms with E-state index in [1.54, 1.807) is 33.3 Å². The molecule has 252 valence electrons. The van der Waals surface area contributed by atoms with E-state index in [-0.39, 0.29) is 22.2 Å². The van der Waals surface area contributed by atoms with Gasteiger partial charge in [-0.2, -0.15) is 9.03 Å². The molecule has 0 radical (unpaired) electrons. The molecule has 54 heavy (non-hydrogen) atoms. The SMILES string of the molecule is O=c1c2ccccc2n2c3c(-c4ccc5c6ccc(-c7cccc8c(=O)n9c(=O)c%10ccccc%10n9c78)cc6c6ccccc6c5c4)cccc3c(=O)n12. The largest absolute Gasteiger partial charge is 0.282 e. The maximum atomic E-state index is 13.6. The van der Waals surface area contributed by atoms with Crippen molar-refractivity contribution in [3.63, 3.8) is 0 Å². The van der Waals surface area contributed by atoms with Crippen LogP contribution in [0.4, 0.5) is 0 Å². The summed E-state index contributed by atoms with van der Waals surface area (Å²) in [7, 11) is 0. The summed E-state index contributed by atoms with van der Waals surface area (Å²) in [5, 5.41) is 8.41. The van der Waals surface area contributed by atoms with Crippen LogP contribution in [0.3, 0.4) is 0 Å². The van der Waals surface area contributed by atoms with E-state index in [4.69, 9.17) is 0 Å². The van der Waals surface area contributed by atoms with Crippen LogP contribution in [0.1, 0.15) is 0 Å². The highest BCUT2D eigenvalue weighted by molar-refractivity contribution is 6.26. The zero-order chi connectivity index (χ0) is 36.0. The Labute approximate surface area is 302 Å². The highest BCUT2D eigenvalue weighted by atomic mass is 16.2. The molecule has 0 fully saturated rings. The van der Waals surface area contributed by atoms with E-state index in [9.17, 15) is 19.2 Å². The molecule has 0 bridgehead atoms. The first-order valence-corrected chi connectivity index (χ1v) is 17.7. The number of hydrogen-bond donors (Lipinski definition) is 0. The van der Waals surface area contributed by atoms with Gasteiger partial charge in [0.1, 0.15) is 0 Å². The van der Waals surface area contributed by atoms with Gasteiger partial charge in [-0.25, -0.2) is 9.03 Å². The van der Waals surface area contributed by atoms with Crippen molar-refractivity contribution in [1.82, 2.24) is 18.1 Å². The molecule has 8 aromatic carbocycles. The Morgan fingerprint density at radius 1 is 0.278 bits per heavy atom. The standard InChI is InChI=1S/C46H24N4O4/c51-43-33-11-3-5-17-39(33)47-41-27(13-7-15-35(41)45(53)49(43)47)25-19-21-31-32-22-20-26(24-38(32)30-10-2-1-9-29(30)37(31)23-25)28-14-8-16-36-42(28)48-40-18-6-4-12-34(40)44(52)50(48)46(36)54/h1-24H. The lowest BCUT2D eigenvalue weighted by atomic mass is 9.90. The number of aromatic nitrogens is 4. The van der Waals surface area contributed by atoms with Crippen molar-refractivity contribution in [2.45, 2.75) is 0 Å². The maximum absolute atomic E-state index is 13.6. The topological polar surface area (TPSA) is 85.9 Å². The van der Waals surface area contributed by atoms with E-state index in [1.807, 2.05) is 72.8 Å². The fraction of sp³-hybridized carbons (Fsp3) is 0. The van der Waals surface area contributed by atoms with Crippen molar-refractivity contribution in [2.24, 2.45) is 0 Å². The van der Waals surface area contributed by atoms with Gasteiger partial charge in [-0.1, -0.05) is 97.1 Å². The number of para-hydroxylation sites is 4. The average Bonchev–Trinajstić information content (AvgIpc) is 3.90. The maximum Gasteiger partial charge on any atom is 0.282 e. The molecule has 0 spiro atoms. The number of hydrogen-bond acceptors (Lipinski definition) is 4. The Morgan fingerprint density at radius 3 is 1.07 bits per heavy atom. The summed E-state index contributed by atoms with van der Waals surface area (Å²) in [6.07, 6.45) is 0. The smallest absolute Gasteiger partial charge is 0.267 e. The second-order valence-corrected chi connectivity index (χ2v) is 14.0. The van der Waals surface area contributed by atoms with E-state index >= 15 is 0 Å². The van der Waals surface area contributed by atoms with E-state index in [0.29, 0.717) is 43.6 Å². The average molecular weight is 697 g/mol. The highest BCUT2D eigenvalue weighted by Gasteiger charge is 2.22. The Kier molecular flexibility index (Phi) is 5.41. The second-order valence-electron chi connectivity index (χ2n) is 14.0. The quantitative estimate of drug-likeness (QED) is 0.171. The summed E-state index contributed by atoms with van der Waals surface area (Å²) in [4.78, 5) is 54.0. The lowest BCUT2D eigenvalue weighted by Crippen LogP contribution is -2.21. The third-order valence-electron chi connectivity index (χ3n) is 11.3. The van der Waals surface area contributed by atoms with E-state index < -0.39 is 0 Å². The van der Waals surface area contributed by atoms with Crippen molar-refractivity contribution >= 4 is 75.9 Å². The van der Waals surface area contributed by atoms with Crippen molar-refractivity contribution in [3.8, 4) is 22.3 Å². The molecule has 4 heterocycles. The van der Waals surface area contributed by atoms with Crippen LogP contribution in [-0.2, 0) is 0 Å². The molecule has 0 atom stereocenters. The summed E-state index contributed by atoms with van der Waals surface area (Å²) in [5.74, 6) is 0. The minimum atomic E-state index is -0.331. The van der Waals surface area contributed by atoms with Gasteiger partial charge in [-0.3, -0.25) is 19.2 Å². The second kappa shape index (κ2) is 10.1. The third-order valence-corrected chi connectivity index (χ3v) is 11.3. The molecule has 0 amide bonds. The van der Waals surface area contributed by atoms with E-state index in [2.05, 4.69) is 48.5 Å². The number of fused-ring (bicyclic) bond motifs is 16. The molecule has 12 aromatic rings. The normalized spacial score (nSPS) is 12.4. The molecule has 0 saturated carbocycles. The Hall–Kier alpha value is -7.58. The fourth-order valence-corrected chi connectivity index (χ4v) is 8.99. The van der Waals surface area contributed by atoms with Gasteiger partial charge in [0.2, 0.25) is 0 Å². The van der Waals surface area contributed by atoms with Crippen molar-refractivity contribution in [1.29, 1.82) is 0 Å². The molecular formula is C46H24N4O4. The molecule has 0 saturated heterocycles. The van der Waals surface area contributed by atoms with Crippen LogP contribution in [0.2, 0.25) is 0 Å². The first-order valence-electron chi connectivity index (χ1n) is 17.7. The molecule has 0 unspecified atom stereocenters. The Bertz CT molecular complexity index is 3610. The zero-order valence-electron chi connectivity index (χ0n) is 28.3. The minimum absolute atomic E-state index is 0.323. The van der Waals surface area contributed by atoms with Crippen LogP contribution in [0.25, 0.3) is 98.2 Å². The number of nitrogens with zero attached hydrogens (tertiary/aromatic N) is 4. The van der Waals surface area contributed by atoms with Crippen molar-refractivity contribution in [2.75, 3.05) is 0 Å². The van der Waals surface area contributed by atoms with Gasteiger partial charge in [0.15, 0.2) is 0 Å². The summed E-state index contributed by atoms with van der Waals surface area (Å²) >= 11 is 0. The third kappa shape index (κ3) is 3.47. The molecule has 0 aliphatic rings. The van der Waals surface area contributed by atoms with Gasteiger partial charge in [0.25, 0.3) is 22.2 Å². The monoisotopic (exact) mass is 696 g/mol. The summed E-state index contributed by atoms with van der Waals surface area (Å²) in [6.45, 7) is 0. The van der Waals surface area contributed by atoms with Gasteiger partial charge in [-0.15, -0.1) is 0 Å². The number of rotatable bonds is 2. The first kappa shape index (κ1) is 29.0. The van der Waals surface area contributed by atoms with Crippen LogP contribution in [0.5, 0.6) is 0 Å². The predicted molar refractivity (Wildman–Crippen MR) is 216 cm³/mol. The molecular weight excluding hydrogens is 673 g/mol. The zero-order valence-corrected chi connectivity index (χ0v) is 28.3. The minimum Gasteiger partial charge on any atom is -0.267 e. The summed E-state index contributed by atoms with van der Waals surface area (Å²) in [6, 6.07) is 47.2. The molecule has 8 nitrogen and oxygen atoms in total. The van der Waals surface area contributed by atoms with Gasteiger partial charge in [0, 0.05) is 11.1 Å². The van der Waals surface area contributed by atoms with E-state index in [1.165, 1.54) is 9.03 Å². The Balaban J connectivity index is 1.13. The highest BCUT2D eigenvalue weighted by Crippen LogP contribution is 2.41. The molecule has 0 aliphatic heterocycles.